The smallest absolute Gasteiger partial charge is 0.243 e. The van der Waals surface area contributed by atoms with E-state index in [1.54, 1.807) is 16.4 Å². The number of sulfonamides is 1. The zero-order valence-corrected chi connectivity index (χ0v) is 14.9. The Morgan fingerprint density at radius 3 is 2.38 bits per heavy atom. The third kappa shape index (κ3) is 2.46. The number of hydrogen-bond acceptors (Lipinski definition) is 3. The predicted octanol–water partition coefficient (Wildman–Crippen LogP) is -0.569. The molecular weight excluding hydrogens is 326 g/mol. The number of aryl methyl sites for hydroxylation is 1. The van der Waals surface area contributed by atoms with E-state index in [1.807, 2.05) is 4.90 Å². The van der Waals surface area contributed by atoms with Crippen LogP contribution in [0.1, 0.15) is 24.5 Å². The monoisotopic (exact) mass is 350 g/mol. The molecule has 7 heteroatoms. The fourth-order valence-corrected chi connectivity index (χ4v) is 5.66. The Hall–Kier alpha value is -1.44. The third-order valence-electron chi connectivity index (χ3n) is 5.59. The molecule has 1 amide bonds. The zero-order valence-electron chi connectivity index (χ0n) is 14.0. The molecule has 3 aliphatic rings. The third-order valence-corrected chi connectivity index (χ3v) is 7.47. The molecule has 0 unspecified atom stereocenters. The molecule has 1 aromatic rings. The lowest BCUT2D eigenvalue weighted by Crippen LogP contribution is -3.14. The van der Waals surface area contributed by atoms with Crippen molar-refractivity contribution in [3.63, 3.8) is 0 Å². The van der Waals surface area contributed by atoms with Gasteiger partial charge in [0.15, 0.2) is 0 Å². The number of quaternary nitrogens is 1. The summed E-state index contributed by atoms with van der Waals surface area (Å²) in [6.07, 6.45) is 1.88. The second-order valence-corrected chi connectivity index (χ2v) is 8.83. The number of nitrogens with zero attached hydrogens (tertiary/aromatic N) is 2. The SMILES string of the molecule is CC[NH+]1CCN(S(=O)(=O)c2cc3c4c(c2)CCN4C(=O)CC3)CC1. The number of likely N-dealkylation sites (N-methyl/N-ethyl adjacent to an activating group) is 1. The van der Waals surface area contributed by atoms with Gasteiger partial charge in [0, 0.05) is 13.0 Å². The molecule has 0 aliphatic carbocycles. The van der Waals surface area contributed by atoms with E-state index in [2.05, 4.69) is 6.92 Å². The van der Waals surface area contributed by atoms with E-state index in [1.165, 1.54) is 4.90 Å². The van der Waals surface area contributed by atoms with Crippen LogP contribution in [0.2, 0.25) is 0 Å². The van der Waals surface area contributed by atoms with E-state index in [4.69, 9.17) is 0 Å². The molecule has 24 heavy (non-hydrogen) atoms. The Morgan fingerprint density at radius 1 is 1.04 bits per heavy atom. The molecule has 0 aromatic heterocycles. The van der Waals surface area contributed by atoms with Crippen molar-refractivity contribution < 1.29 is 18.1 Å². The lowest BCUT2D eigenvalue weighted by molar-refractivity contribution is -0.901. The number of rotatable bonds is 3. The maximum atomic E-state index is 13.1. The Kier molecular flexibility index (Phi) is 3.89. The molecule has 1 N–H and O–H groups in total. The van der Waals surface area contributed by atoms with Gasteiger partial charge in [0.1, 0.15) is 0 Å². The van der Waals surface area contributed by atoms with Crippen LogP contribution in [-0.4, -0.2) is 57.9 Å². The van der Waals surface area contributed by atoms with Crippen molar-refractivity contribution in [1.29, 1.82) is 0 Å². The molecule has 0 radical (unpaired) electrons. The van der Waals surface area contributed by atoms with Gasteiger partial charge in [0.2, 0.25) is 15.9 Å². The fraction of sp³-hybridized carbons (Fsp3) is 0.588. The predicted molar refractivity (Wildman–Crippen MR) is 90.8 cm³/mol. The highest BCUT2D eigenvalue weighted by atomic mass is 32.2. The second kappa shape index (κ2) is 5.82. The van der Waals surface area contributed by atoms with Crippen molar-refractivity contribution in [2.24, 2.45) is 0 Å². The lowest BCUT2D eigenvalue weighted by Gasteiger charge is -2.31. The number of hydrogen-bond donors (Lipinski definition) is 1. The molecule has 3 aliphatic heterocycles. The summed E-state index contributed by atoms with van der Waals surface area (Å²) in [5, 5.41) is 0. The summed E-state index contributed by atoms with van der Waals surface area (Å²) >= 11 is 0. The van der Waals surface area contributed by atoms with Gasteiger partial charge in [0.25, 0.3) is 0 Å². The molecule has 1 saturated heterocycles. The first-order valence-corrected chi connectivity index (χ1v) is 10.2. The van der Waals surface area contributed by atoms with E-state index in [0.29, 0.717) is 37.4 Å². The number of anilines is 1. The Balaban J connectivity index is 1.67. The molecule has 1 fully saturated rings. The molecule has 1 aromatic carbocycles. The van der Waals surface area contributed by atoms with E-state index >= 15 is 0 Å². The Morgan fingerprint density at radius 2 is 1.71 bits per heavy atom. The molecule has 0 atom stereocenters. The lowest BCUT2D eigenvalue weighted by atomic mass is 10.00. The topological polar surface area (TPSA) is 62.1 Å². The first kappa shape index (κ1) is 16.1. The highest BCUT2D eigenvalue weighted by molar-refractivity contribution is 7.89. The molecule has 0 saturated carbocycles. The van der Waals surface area contributed by atoms with Crippen molar-refractivity contribution in [3.05, 3.63) is 23.3 Å². The van der Waals surface area contributed by atoms with Gasteiger partial charge in [-0.25, -0.2) is 8.42 Å². The number of carbonyl (C=O) groups excluding carboxylic acids is 1. The van der Waals surface area contributed by atoms with E-state index in [0.717, 1.165) is 42.9 Å². The normalized spacial score (nSPS) is 22.0. The molecule has 0 bridgehead atoms. The van der Waals surface area contributed by atoms with Gasteiger partial charge in [-0.3, -0.25) is 4.79 Å². The second-order valence-electron chi connectivity index (χ2n) is 6.89. The summed E-state index contributed by atoms with van der Waals surface area (Å²) in [7, 11) is -3.44. The fourth-order valence-electron chi connectivity index (χ4n) is 4.12. The summed E-state index contributed by atoms with van der Waals surface area (Å²) in [5.41, 5.74) is 3.00. The Labute approximate surface area is 143 Å². The number of amides is 1. The van der Waals surface area contributed by atoms with Gasteiger partial charge in [-0.15, -0.1) is 0 Å². The summed E-state index contributed by atoms with van der Waals surface area (Å²) < 4.78 is 27.7. The highest BCUT2D eigenvalue weighted by Gasteiger charge is 2.35. The minimum absolute atomic E-state index is 0.163. The largest absolute Gasteiger partial charge is 0.333 e. The van der Waals surface area contributed by atoms with Crippen LogP contribution >= 0.6 is 0 Å². The minimum Gasteiger partial charge on any atom is -0.333 e. The average molecular weight is 350 g/mol. The first-order valence-electron chi connectivity index (χ1n) is 8.80. The highest BCUT2D eigenvalue weighted by Crippen LogP contribution is 2.38. The average Bonchev–Trinajstić information content (AvgIpc) is 3.03. The van der Waals surface area contributed by atoms with E-state index in [9.17, 15) is 13.2 Å². The summed E-state index contributed by atoms with van der Waals surface area (Å²) in [6, 6.07) is 3.60. The zero-order chi connectivity index (χ0) is 16.9. The molecule has 3 heterocycles. The van der Waals surface area contributed by atoms with E-state index in [-0.39, 0.29) is 5.91 Å². The van der Waals surface area contributed by atoms with Gasteiger partial charge < -0.3 is 9.80 Å². The van der Waals surface area contributed by atoms with Gasteiger partial charge >= 0.3 is 0 Å². The Bertz CT molecular complexity index is 783. The van der Waals surface area contributed by atoms with E-state index < -0.39 is 10.0 Å². The van der Waals surface area contributed by atoms with Gasteiger partial charge in [-0.1, -0.05) is 0 Å². The van der Waals surface area contributed by atoms with Crippen molar-refractivity contribution in [2.45, 2.75) is 31.1 Å². The first-order chi connectivity index (χ1) is 11.5. The van der Waals surface area contributed by atoms with Crippen LogP contribution in [0.4, 0.5) is 5.69 Å². The van der Waals surface area contributed by atoms with Crippen LogP contribution in [0.15, 0.2) is 17.0 Å². The number of nitrogens with one attached hydrogen (secondary N) is 1. The summed E-state index contributed by atoms with van der Waals surface area (Å²) in [5.74, 6) is 0.163. The standard InChI is InChI=1S/C17H23N3O3S/c1-2-18-7-9-19(10-8-18)24(22,23)15-11-13-3-4-16(21)20-6-5-14(12-15)17(13)20/h11-12H,2-10H2,1H3/p+1. The van der Waals surface area contributed by atoms with Crippen molar-refractivity contribution in [3.8, 4) is 0 Å². The van der Waals surface area contributed by atoms with Crippen LogP contribution in [0.25, 0.3) is 0 Å². The molecule has 4 rings (SSSR count). The summed E-state index contributed by atoms with van der Waals surface area (Å²) in [4.78, 5) is 15.7. The molecule has 130 valence electrons. The van der Waals surface area contributed by atoms with Gasteiger partial charge in [-0.2, -0.15) is 4.31 Å². The van der Waals surface area contributed by atoms with Crippen LogP contribution in [0.3, 0.4) is 0 Å². The van der Waals surface area contributed by atoms with Crippen LogP contribution < -0.4 is 9.80 Å². The van der Waals surface area contributed by atoms with Crippen molar-refractivity contribution in [2.75, 3.05) is 44.2 Å². The van der Waals surface area contributed by atoms with Gasteiger partial charge in [0.05, 0.1) is 43.3 Å². The van der Waals surface area contributed by atoms with Gasteiger partial charge in [-0.05, 0) is 43.0 Å². The minimum atomic E-state index is -3.44. The quantitative estimate of drug-likeness (QED) is 0.794. The molecule has 0 spiro atoms. The maximum absolute atomic E-state index is 13.1. The van der Waals surface area contributed by atoms with Crippen molar-refractivity contribution in [1.82, 2.24) is 4.31 Å². The number of piperazine rings is 1. The molecule has 6 nitrogen and oxygen atoms in total. The van der Waals surface area contributed by atoms with Crippen molar-refractivity contribution >= 4 is 21.6 Å². The number of carbonyl (C=O) groups is 1. The van der Waals surface area contributed by atoms with Crippen LogP contribution in [0.5, 0.6) is 0 Å². The summed E-state index contributed by atoms with van der Waals surface area (Å²) in [6.45, 7) is 6.78. The maximum Gasteiger partial charge on any atom is 0.243 e. The molecular formula is C17H24N3O3S+. The van der Waals surface area contributed by atoms with Crippen LogP contribution in [-0.2, 0) is 27.7 Å². The van der Waals surface area contributed by atoms with Crippen LogP contribution in [0, 0.1) is 0 Å². The number of benzene rings is 1.